The quantitative estimate of drug-likeness (QED) is 0.848. The Bertz CT molecular complexity index is 428. The molecule has 0 aliphatic carbocycles. The summed E-state index contributed by atoms with van der Waals surface area (Å²) in [6, 6.07) is 5.28. The lowest BCUT2D eigenvalue weighted by atomic mass is 9.95. The van der Waals surface area contributed by atoms with Gasteiger partial charge in [0.25, 0.3) is 0 Å². The van der Waals surface area contributed by atoms with Crippen molar-refractivity contribution in [3.63, 3.8) is 0 Å². The van der Waals surface area contributed by atoms with Crippen LogP contribution in [0.25, 0.3) is 0 Å². The Morgan fingerprint density at radius 2 is 2.12 bits per heavy atom. The number of Topliss-reactive ketones (excluding diaryl/α,β-unsaturated/α-hetero) is 1. The Morgan fingerprint density at radius 3 is 2.59 bits per heavy atom. The van der Waals surface area contributed by atoms with E-state index in [0.717, 1.165) is 4.47 Å². The van der Waals surface area contributed by atoms with Crippen molar-refractivity contribution in [2.45, 2.75) is 13.3 Å². The monoisotopic (exact) mass is 300 g/mol. The number of aliphatic carboxylic acids is 1. The third-order valence-electron chi connectivity index (χ3n) is 2.46. The van der Waals surface area contributed by atoms with E-state index in [2.05, 4.69) is 15.9 Å². The van der Waals surface area contributed by atoms with Gasteiger partial charge in [0.05, 0.1) is 7.11 Å². The van der Waals surface area contributed by atoms with Crippen LogP contribution in [0.4, 0.5) is 0 Å². The fourth-order valence-corrected chi connectivity index (χ4v) is 1.85. The molecule has 0 aromatic heterocycles. The van der Waals surface area contributed by atoms with Gasteiger partial charge in [-0.05, 0) is 31.0 Å². The van der Waals surface area contributed by atoms with Gasteiger partial charge >= 0.3 is 5.97 Å². The molecule has 0 heterocycles. The molecule has 5 heteroatoms. The average Bonchev–Trinajstić information content (AvgIpc) is 2.26. The smallest absolute Gasteiger partial charge is 0.314 e. The van der Waals surface area contributed by atoms with Gasteiger partial charge in [-0.1, -0.05) is 22.0 Å². The minimum Gasteiger partial charge on any atom is -0.496 e. The van der Waals surface area contributed by atoms with E-state index in [1.54, 1.807) is 18.2 Å². The van der Waals surface area contributed by atoms with E-state index in [1.807, 2.05) is 0 Å². The lowest BCUT2D eigenvalue weighted by molar-refractivity contribution is -0.145. The first-order chi connectivity index (χ1) is 7.95. The van der Waals surface area contributed by atoms with Crippen molar-refractivity contribution in [2.24, 2.45) is 5.92 Å². The van der Waals surface area contributed by atoms with E-state index in [0.29, 0.717) is 11.3 Å². The molecule has 0 saturated carbocycles. The summed E-state index contributed by atoms with van der Waals surface area (Å²) in [6.45, 7) is 1.28. The van der Waals surface area contributed by atoms with Crippen molar-refractivity contribution in [1.82, 2.24) is 0 Å². The number of hydrogen-bond donors (Lipinski definition) is 1. The van der Waals surface area contributed by atoms with Crippen LogP contribution in [0.2, 0.25) is 0 Å². The second kappa shape index (κ2) is 5.82. The zero-order valence-corrected chi connectivity index (χ0v) is 11.2. The zero-order valence-electron chi connectivity index (χ0n) is 9.57. The van der Waals surface area contributed by atoms with Crippen LogP contribution in [0.5, 0.6) is 5.75 Å². The number of carboxylic acid groups (broad SMARTS) is 1. The highest BCUT2D eigenvalue weighted by molar-refractivity contribution is 9.10. The van der Waals surface area contributed by atoms with Crippen molar-refractivity contribution in [1.29, 1.82) is 0 Å². The molecule has 0 spiro atoms. The summed E-state index contributed by atoms with van der Waals surface area (Å²) in [4.78, 5) is 22.2. The number of carbonyl (C=O) groups is 2. The topological polar surface area (TPSA) is 63.6 Å². The summed E-state index contributed by atoms with van der Waals surface area (Å²) in [5.74, 6) is -1.91. The summed E-state index contributed by atoms with van der Waals surface area (Å²) >= 11 is 3.30. The maximum atomic E-state index is 11.2. The Morgan fingerprint density at radius 1 is 1.47 bits per heavy atom. The molecule has 1 unspecified atom stereocenters. The molecule has 0 bridgehead atoms. The van der Waals surface area contributed by atoms with Crippen LogP contribution < -0.4 is 4.74 Å². The van der Waals surface area contributed by atoms with E-state index < -0.39 is 11.9 Å². The molecular weight excluding hydrogens is 288 g/mol. The number of ether oxygens (including phenoxy) is 1. The second-order valence-corrected chi connectivity index (χ2v) is 4.58. The number of hydrogen-bond acceptors (Lipinski definition) is 3. The Labute approximate surface area is 108 Å². The fraction of sp³-hybridized carbons (Fsp3) is 0.333. The number of methoxy groups -OCH3 is 1. The molecule has 0 radical (unpaired) electrons. The molecule has 0 aliphatic heterocycles. The van der Waals surface area contributed by atoms with Gasteiger partial charge in [0.2, 0.25) is 0 Å². The van der Waals surface area contributed by atoms with Crippen LogP contribution in [0.3, 0.4) is 0 Å². The Kier molecular flexibility index (Phi) is 4.69. The molecule has 92 valence electrons. The number of carbonyl (C=O) groups excluding carboxylic acids is 1. The molecule has 0 amide bonds. The molecule has 1 aromatic rings. The number of ketones is 1. The molecule has 0 saturated heterocycles. The SMILES string of the molecule is COc1cc(Br)ccc1CC(C(C)=O)C(=O)O. The van der Waals surface area contributed by atoms with Crippen molar-refractivity contribution in [3.05, 3.63) is 28.2 Å². The van der Waals surface area contributed by atoms with Crippen LogP contribution in [0.15, 0.2) is 22.7 Å². The highest BCUT2D eigenvalue weighted by atomic mass is 79.9. The van der Waals surface area contributed by atoms with Crippen LogP contribution in [0, 0.1) is 5.92 Å². The largest absolute Gasteiger partial charge is 0.496 e. The van der Waals surface area contributed by atoms with Crippen molar-refractivity contribution in [3.8, 4) is 5.75 Å². The molecule has 1 N–H and O–H groups in total. The summed E-state index contributed by atoms with van der Waals surface area (Å²) in [5.41, 5.74) is 0.707. The highest BCUT2D eigenvalue weighted by Crippen LogP contribution is 2.26. The van der Waals surface area contributed by atoms with Gasteiger partial charge in [-0.3, -0.25) is 9.59 Å². The predicted molar refractivity (Wildman–Crippen MR) is 66.2 cm³/mol. The maximum absolute atomic E-state index is 11.2. The molecule has 4 nitrogen and oxygen atoms in total. The first kappa shape index (κ1) is 13.7. The molecule has 17 heavy (non-hydrogen) atoms. The van der Waals surface area contributed by atoms with E-state index in [9.17, 15) is 9.59 Å². The van der Waals surface area contributed by atoms with Crippen molar-refractivity contribution < 1.29 is 19.4 Å². The lowest BCUT2D eigenvalue weighted by Crippen LogP contribution is -2.23. The third-order valence-corrected chi connectivity index (χ3v) is 2.96. The Balaban J connectivity index is 3.00. The van der Waals surface area contributed by atoms with Gasteiger partial charge in [0.1, 0.15) is 17.5 Å². The summed E-state index contributed by atoms with van der Waals surface area (Å²) in [6.07, 6.45) is 0.140. The number of rotatable bonds is 5. The minimum absolute atomic E-state index is 0.140. The normalized spacial score (nSPS) is 11.9. The molecule has 1 aromatic carbocycles. The van der Waals surface area contributed by atoms with Crippen LogP contribution in [-0.2, 0) is 16.0 Å². The first-order valence-corrected chi connectivity index (χ1v) is 5.80. The molecular formula is C12H13BrO4. The minimum atomic E-state index is -1.11. The highest BCUT2D eigenvalue weighted by Gasteiger charge is 2.24. The van der Waals surface area contributed by atoms with Gasteiger partial charge in [0.15, 0.2) is 0 Å². The van der Waals surface area contributed by atoms with Crippen LogP contribution in [0.1, 0.15) is 12.5 Å². The maximum Gasteiger partial charge on any atom is 0.314 e. The van der Waals surface area contributed by atoms with Crippen LogP contribution >= 0.6 is 15.9 Å². The van der Waals surface area contributed by atoms with Gasteiger partial charge < -0.3 is 9.84 Å². The summed E-state index contributed by atoms with van der Waals surface area (Å²) in [5, 5.41) is 8.95. The van der Waals surface area contributed by atoms with Gasteiger partial charge in [-0.2, -0.15) is 0 Å². The van der Waals surface area contributed by atoms with E-state index in [1.165, 1.54) is 14.0 Å². The molecule has 1 rings (SSSR count). The molecule has 0 fully saturated rings. The van der Waals surface area contributed by atoms with Crippen molar-refractivity contribution in [2.75, 3.05) is 7.11 Å². The number of benzene rings is 1. The van der Waals surface area contributed by atoms with Gasteiger partial charge in [0, 0.05) is 4.47 Å². The standard InChI is InChI=1S/C12H13BrO4/c1-7(14)10(12(15)16)5-8-3-4-9(13)6-11(8)17-2/h3-4,6,10H,5H2,1-2H3,(H,15,16). The first-order valence-electron chi connectivity index (χ1n) is 5.01. The molecule has 0 aliphatic rings. The zero-order chi connectivity index (χ0) is 13.0. The van der Waals surface area contributed by atoms with Crippen LogP contribution in [-0.4, -0.2) is 24.0 Å². The summed E-state index contributed by atoms with van der Waals surface area (Å²) in [7, 11) is 1.51. The average molecular weight is 301 g/mol. The molecule has 1 atom stereocenters. The number of carboxylic acids is 1. The number of halogens is 1. The summed E-state index contributed by atoms with van der Waals surface area (Å²) < 4.78 is 5.99. The second-order valence-electron chi connectivity index (χ2n) is 3.66. The van der Waals surface area contributed by atoms with Gasteiger partial charge in [-0.25, -0.2) is 0 Å². The predicted octanol–water partition coefficient (Wildman–Crippen LogP) is 2.29. The van der Waals surface area contributed by atoms with Crippen molar-refractivity contribution >= 4 is 27.7 Å². The Hall–Kier alpha value is -1.36. The van der Waals surface area contributed by atoms with E-state index >= 15 is 0 Å². The van der Waals surface area contributed by atoms with E-state index in [-0.39, 0.29) is 12.2 Å². The van der Waals surface area contributed by atoms with Gasteiger partial charge in [-0.15, -0.1) is 0 Å². The third kappa shape index (κ3) is 3.56. The van der Waals surface area contributed by atoms with E-state index in [4.69, 9.17) is 9.84 Å². The fourth-order valence-electron chi connectivity index (χ4n) is 1.51. The lowest BCUT2D eigenvalue weighted by Gasteiger charge is -2.12.